The maximum atomic E-state index is 12.6. The zero-order chi connectivity index (χ0) is 20.7. The van der Waals surface area contributed by atoms with Crippen LogP contribution in [-0.4, -0.2) is 20.1 Å². The first-order chi connectivity index (χ1) is 14.0. The van der Waals surface area contributed by atoms with Crippen molar-refractivity contribution in [1.82, 2.24) is 5.32 Å². The smallest absolute Gasteiger partial charge is 0.235 e. The molecule has 1 aliphatic rings. The van der Waals surface area contributed by atoms with Gasteiger partial charge in [-0.15, -0.1) is 0 Å². The number of nitriles is 1. The fourth-order valence-corrected chi connectivity index (χ4v) is 5.28. The lowest BCUT2D eigenvalue weighted by atomic mass is 9.81. The van der Waals surface area contributed by atoms with Crippen LogP contribution in [0.4, 0.5) is 0 Å². The van der Waals surface area contributed by atoms with Crippen LogP contribution in [0.25, 0.3) is 0 Å². The van der Waals surface area contributed by atoms with Gasteiger partial charge in [-0.2, -0.15) is 5.26 Å². The third-order valence-corrected chi connectivity index (χ3v) is 6.89. The summed E-state index contributed by atoms with van der Waals surface area (Å²) in [7, 11) is -3.61. The summed E-state index contributed by atoms with van der Waals surface area (Å²) >= 11 is 0. The Morgan fingerprint density at radius 2 is 1.69 bits per heavy atom. The van der Waals surface area contributed by atoms with E-state index >= 15 is 0 Å². The molecule has 0 saturated heterocycles. The van der Waals surface area contributed by atoms with Gasteiger partial charge in [-0.1, -0.05) is 61.7 Å². The minimum atomic E-state index is -3.61. The van der Waals surface area contributed by atoms with Gasteiger partial charge < -0.3 is 5.32 Å². The van der Waals surface area contributed by atoms with Crippen LogP contribution < -0.4 is 5.32 Å². The summed E-state index contributed by atoms with van der Waals surface area (Å²) in [6, 6.07) is 18.0. The van der Waals surface area contributed by atoms with Crippen molar-refractivity contribution in [3.05, 3.63) is 71.3 Å². The standard InChI is InChI=1S/C23H26N2O3S/c24-15-18-11-13-19(14-12-18)16-29(27,28)17-22(26)25-23(20-7-3-1-4-8-20)21-9-5-2-6-10-21/h1,3-4,7-8,11-14,21,23H,2,5-6,9-10,16-17H2,(H,25,26)/t23-/m0/s1. The normalized spacial score (nSPS) is 16.0. The van der Waals surface area contributed by atoms with Crippen molar-refractivity contribution in [2.24, 2.45) is 5.92 Å². The summed E-state index contributed by atoms with van der Waals surface area (Å²) in [4.78, 5) is 12.6. The van der Waals surface area contributed by atoms with E-state index in [0.717, 1.165) is 31.2 Å². The van der Waals surface area contributed by atoms with Gasteiger partial charge in [0.25, 0.3) is 0 Å². The fraction of sp³-hybridized carbons (Fsp3) is 0.391. The molecule has 2 aromatic rings. The Labute approximate surface area is 172 Å². The van der Waals surface area contributed by atoms with Gasteiger partial charge >= 0.3 is 0 Å². The highest BCUT2D eigenvalue weighted by Gasteiger charge is 2.28. The number of benzene rings is 2. The molecule has 152 valence electrons. The Morgan fingerprint density at radius 3 is 2.31 bits per heavy atom. The zero-order valence-corrected chi connectivity index (χ0v) is 17.2. The highest BCUT2D eigenvalue weighted by atomic mass is 32.2. The molecule has 0 radical (unpaired) electrons. The first-order valence-corrected chi connectivity index (χ1v) is 11.8. The predicted molar refractivity (Wildman–Crippen MR) is 113 cm³/mol. The average molecular weight is 411 g/mol. The lowest BCUT2D eigenvalue weighted by Crippen LogP contribution is -2.38. The second-order valence-electron chi connectivity index (χ2n) is 7.69. The molecule has 6 heteroatoms. The summed E-state index contributed by atoms with van der Waals surface area (Å²) in [5, 5.41) is 11.8. The maximum absolute atomic E-state index is 12.6. The van der Waals surface area contributed by atoms with Gasteiger partial charge in [-0.05, 0) is 42.0 Å². The molecule has 2 aromatic carbocycles. The third kappa shape index (κ3) is 6.16. The molecule has 0 bridgehead atoms. The number of nitrogens with zero attached hydrogens (tertiary/aromatic N) is 1. The molecule has 0 heterocycles. The summed E-state index contributed by atoms with van der Waals surface area (Å²) in [6.07, 6.45) is 5.57. The molecule has 1 aliphatic carbocycles. The molecular formula is C23H26N2O3S. The molecule has 1 saturated carbocycles. The Kier molecular flexibility index (Phi) is 7.05. The highest BCUT2D eigenvalue weighted by Crippen LogP contribution is 2.34. The maximum Gasteiger partial charge on any atom is 0.235 e. The van der Waals surface area contributed by atoms with Crippen LogP contribution in [0.2, 0.25) is 0 Å². The molecule has 3 rings (SSSR count). The van der Waals surface area contributed by atoms with Crippen molar-refractivity contribution in [1.29, 1.82) is 5.26 Å². The van der Waals surface area contributed by atoms with Crippen LogP contribution in [0.3, 0.4) is 0 Å². The monoisotopic (exact) mass is 410 g/mol. The molecule has 0 spiro atoms. The Balaban J connectivity index is 1.67. The number of nitrogens with one attached hydrogen (secondary N) is 1. The van der Waals surface area contributed by atoms with Gasteiger partial charge in [0.1, 0.15) is 5.75 Å². The molecule has 29 heavy (non-hydrogen) atoms. The summed E-state index contributed by atoms with van der Waals surface area (Å²) in [6.45, 7) is 0. The van der Waals surface area contributed by atoms with E-state index in [0.29, 0.717) is 17.0 Å². The molecule has 0 aromatic heterocycles. The second kappa shape index (κ2) is 9.71. The molecule has 5 nitrogen and oxygen atoms in total. The Bertz CT molecular complexity index is 957. The van der Waals surface area contributed by atoms with E-state index in [4.69, 9.17) is 5.26 Å². The average Bonchev–Trinajstić information content (AvgIpc) is 2.73. The van der Waals surface area contributed by atoms with Gasteiger partial charge in [-0.25, -0.2) is 8.42 Å². The minimum Gasteiger partial charge on any atom is -0.348 e. The molecule has 0 aliphatic heterocycles. The number of hydrogen-bond donors (Lipinski definition) is 1. The van der Waals surface area contributed by atoms with Crippen molar-refractivity contribution in [2.45, 2.75) is 43.9 Å². The first kappa shape index (κ1) is 21.1. The molecule has 1 atom stereocenters. The van der Waals surface area contributed by atoms with Gasteiger partial charge in [-0.3, -0.25) is 4.79 Å². The molecule has 1 amide bonds. The van der Waals surface area contributed by atoms with E-state index in [1.165, 1.54) is 6.42 Å². The van der Waals surface area contributed by atoms with Gasteiger partial charge in [0.05, 0.1) is 23.4 Å². The lowest BCUT2D eigenvalue weighted by molar-refractivity contribution is -0.119. The zero-order valence-electron chi connectivity index (χ0n) is 16.4. The van der Waals surface area contributed by atoms with E-state index in [-0.39, 0.29) is 11.8 Å². The Hall–Kier alpha value is -2.65. The number of hydrogen-bond acceptors (Lipinski definition) is 4. The Morgan fingerprint density at radius 1 is 1.03 bits per heavy atom. The van der Waals surface area contributed by atoms with Crippen LogP contribution in [0.1, 0.15) is 54.8 Å². The topological polar surface area (TPSA) is 87.0 Å². The van der Waals surface area contributed by atoms with Crippen LogP contribution in [0.15, 0.2) is 54.6 Å². The SMILES string of the molecule is N#Cc1ccc(CS(=O)(=O)CC(=O)N[C@@H](c2ccccc2)C2CCCCC2)cc1. The second-order valence-corrected chi connectivity index (χ2v) is 9.76. The molecule has 0 unspecified atom stereocenters. The van der Waals surface area contributed by atoms with Crippen molar-refractivity contribution < 1.29 is 13.2 Å². The lowest BCUT2D eigenvalue weighted by Gasteiger charge is -2.31. The molecule has 1 fully saturated rings. The van der Waals surface area contributed by atoms with Crippen molar-refractivity contribution in [3.63, 3.8) is 0 Å². The van der Waals surface area contributed by atoms with Gasteiger partial charge in [0.2, 0.25) is 5.91 Å². The number of rotatable bonds is 7. The van der Waals surface area contributed by atoms with Crippen LogP contribution in [-0.2, 0) is 20.4 Å². The summed E-state index contributed by atoms with van der Waals surface area (Å²) in [5.41, 5.74) is 2.07. The van der Waals surface area contributed by atoms with Gasteiger partial charge in [0.15, 0.2) is 9.84 Å². The summed E-state index contributed by atoms with van der Waals surface area (Å²) in [5.74, 6) is -0.886. The number of sulfone groups is 1. The van der Waals surface area contributed by atoms with E-state index in [2.05, 4.69) is 5.32 Å². The quantitative estimate of drug-likeness (QED) is 0.750. The van der Waals surface area contributed by atoms with Crippen LogP contribution in [0, 0.1) is 17.2 Å². The van der Waals surface area contributed by atoms with E-state index < -0.39 is 21.5 Å². The summed E-state index contributed by atoms with van der Waals surface area (Å²) < 4.78 is 25.1. The molecular weight excluding hydrogens is 384 g/mol. The first-order valence-electron chi connectivity index (χ1n) is 10.0. The van der Waals surface area contributed by atoms with Crippen LogP contribution in [0.5, 0.6) is 0 Å². The van der Waals surface area contributed by atoms with Crippen molar-refractivity contribution >= 4 is 15.7 Å². The van der Waals surface area contributed by atoms with E-state index in [9.17, 15) is 13.2 Å². The van der Waals surface area contributed by atoms with E-state index in [1.807, 2.05) is 36.4 Å². The van der Waals surface area contributed by atoms with Crippen LogP contribution >= 0.6 is 0 Å². The predicted octanol–water partition coefficient (Wildman–Crippen LogP) is 3.91. The third-order valence-electron chi connectivity index (χ3n) is 5.42. The fourth-order valence-electron chi connectivity index (χ4n) is 4.00. The van der Waals surface area contributed by atoms with E-state index in [1.54, 1.807) is 24.3 Å². The van der Waals surface area contributed by atoms with Crippen molar-refractivity contribution in [3.8, 4) is 6.07 Å². The highest BCUT2D eigenvalue weighted by molar-refractivity contribution is 7.91. The largest absolute Gasteiger partial charge is 0.348 e. The number of carbonyl (C=O) groups excluding carboxylic acids is 1. The number of amides is 1. The minimum absolute atomic E-state index is 0.158. The van der Waals surface area contributed by atoms with Gasteiger partial charge in [0, 0.05) is 0 Å². The van der Waals surface area contributed by atoms with Crippen molar-refractivity contribution in [2.75, 3.05) is 5.75 Å². The molecule has 1 N–H and O–H groups in total. The number of carbonyl (C=O) groups is 1.